The maximum Gasteiger partial charge on any atom is 0.251 e. The molecule has 1 aromatic rings. The van der Waals surface area contributed by atoms with Crippen molar-refractivity contribution >= 4 is 17.3 Å². The number of amides is 1. The fraction of sp³-hybridized carbons (Fsp3) is 0.562. The van der Waals surface area contributed by atoms with Crippen molar-refractivity contribution < 1.29 is 4.79 Å². The minimum Gasteiger partial charge on any atom is -0.397 e. The average molecular weight is 288 g/mol. The molecule has 0 bridgehead atoms. The van der Waals surface area contributed by atoms with E-state index in [1.54, 1.807) is 13.1 Å². The third-order valence-electron chi connectivity index (χ3n) is 4.44. The zero-order valence-electron chi connectivity index (χ0n) is 12.6. The van der Waals surface area contributed by atoms with Crippen LogP contribution in [0.5, 0.6) is 0 Å². The highest BCUT2D eigenvalue weighted by molar-refractivity contribution is 5.96. The second-order valence-electron chi connectivity index (χ2n) is 6.08. The van der Waals surface area contributed by atoms with Gasteiger partial charge in [-0.25, -0.2) is 0 Å². The Kier molecular flexibility index (Phi) is 4.01. The van der Waals surface area contributed by atoms with Gasteiger partial charge in [-0.05, 0) is 37.0 Å². The van der Waals surface area contributed by atoms with Crippen molar-refractivity contribution in [1.82, 2.24) is 10.2 Å². The Labute approximate surface area is 126 Å². The summed E-state index contributed by atoms with van der Waals surface area (Å²) < 4.78 is 0. The molecule has 0 radical (unpaired) electrons. The number of hydrogen-bond acceptors (Lipinski definition) is 4. The van der Waals surface area contributed by atoms with Crippen LogP contribution in [0.25, 0.3) is 0 Å². The number of anilines is 2. The molecule has 1 saturated heterocycles. The first kappa shape index (κ1) is 14.2. The first-order valence-electron chi connectivity index (χ1n) is 7.76. The summed E-state index contributed by atoms with van der Waals surface area (Å²) in [6.07, 6.45) is 2.82. The lowest BCUT2D eigenvalue weighted by molar-refractivity contribution is 0.0963. The summed E-state index contributed by atoms with van der Waals surface area (Å²) in [7, 11) is 1.63. The highest BCUT2D eigenvalue weighted by Gasteiger charge is 2.26. The monoisotopic (exact) mass is 288 g/mol. The number of nitrogens with zero attached hydrogens (tertiary/aromatic N) is 2. The summed E-state index contributed by atoms with van der Waals surface area (Å²) in [5.74, 6) is 0.857. The largest absolute Gasteiger partial charge is 0.397 e. The third-order valence-corrected chi connectivity index (χ3v) is 4.44. The minimum absolute atomic E-state index is 0.0949. The van der Waals surface area contributed by atoms with Crippen molar-refractivity contribution in [3.8, 4) is 0 Å². The summed E-state index contributed by atoms with van der Waals surface area (Å²) in [4.78, 5) is 16.5. The average Bonchev–Trinajstić information content (AvgIpc) is 3.31. The molecule has 3 N–H and O–H groups in total. The second-order valence-corrected chi connectivity index (χ2v) is 6.08. The molecule has 0 unspecified atom stereocenters. The molecule has 21 heavy (non-hydrogen) atoms. The lowest BCUT2D eigenvalue weighted by atomic mass is 10.1. The van der Waals surface area contributed by atoms with E-state index in [9.17, 15) is 4.79 Å². The molecule has 1 aliphatic carbocycles. The molecular weight excluding hydrogens is 264 g/mol. The minimum atomic E-state index is -0.0949. The number of nitrogens with one attached hydrogen (secondary N) is 1. The molecule has 0 aromatic heterocycles. The lowest BCUT2D eigenvalue weighted by Crippen LogP contribution is -2.47. The van der Waals surface area contributed by atoms with Crippen LogP contribution in [0.15, 0.2) is 18.2 Å². The van der Waals surface area contributed by atoms with E-state index in [1.807, 2.05) is 12.1 Å². The van der Waals surface area contributed by atoms with E-state index < -0.39 is 0 Å². The van der Waals surface area contributed by atoms with Crippen LogP contribution in [0, 0.1) is 5.92 Å². The summed E-state index contributed by atoms with van der Waals surface area (Å²) in [6, 6.07) is 5.59. The third kappa shape index (κ3) is 3.29. The van der Waals surface area contributed by atoms with Crippen LogP contribution < -0.4 is 16.0 Å². The Hall–Kier alpha value is -1.75. The summed E-state index contributed by atoms with van der Waals surface area (Å²) in [6.45, 7) is 5.49. The number of carbonyl (C=O) groups excluding carboxylic acids is 1. The number of nitrogen functional groups attached to an aromatic ring is 1. The van der Waals surface area contributed by atoms with Crippen LogP contribution in [0.2, 0.25) is 0 Å². The Bertz CT molecular complexity index is 519. The molecule has 1 amide bonds. The fourth-order valence-corrected chi connectivity index (χ4v) is 2.97. The zero-order chi connectivity index (χ0) is 14.8. The van der Waals surface area contributed by atoms with Gasteiger partial charge in [-0.3, -0.25) is 9.69 Å². The van der Waals surface area contributed by atoms with Crippen molar-refractivity contribution in [2.45, 2.75) is 12.8 Å². The van der Waals surface area contributed by atoms with Gasteiger partial charge < -0.3 is 16.0 Å². The second kappa shape index (κ2) is 5.93. The SMILES string of the molecule is CNC(=O)c1ccc(N2CCN(CC3CC3)CC2)c(N)c1. The molecular formula is C16H24N4O. The van der Waals surface area contributed by atoms with E-state index in [4.69, 9.17) is 5.73 Å². The Morgan fingerprint density at radius 3 is 2.57 bits per heavy atom. The molecule has 1 aliphatic heterocycles. The Balaban J connectivity index is 1.63. The number of nitrogens with two attached hydrogens (primary N) is 1. The number of carbonyl (C=O) groups is 1. The molecule has 5 nitrogen and oxygen atoms in total. The van der Waals surface area contributed by atoms with E-state index in [0.29, 0.717) is 11.3 Å². The predicted octanol–water partition coefficient (Wildman–Crippen LogP) is 1.16. The number of rotatable bonds is 4. The smallest absolute Gasteiger partial charge is 0.251 e. The van der Waals surface area contributed by atoms with Gasteiger partial charge in [-0.2, -0.15) is 0 Å². The molecule has 2 aliphatic rings. The van der Waals surface area contributed by atoms with E-state index in [1.165, 1.54) is 19.4 Å². The van der Waals surface area contributed by atoms with Crippen LogP contribution in [0.4, 0.5) is 11.4 Å². The van der Waals surface area contributed by atoms with E-state index >= 15 is 0 Å². The maximum atomic E-state index is 11.6. The molecule has 1 heterocycles. The first-order valence-corrected chi connectivity index (χ1v) is 7.76. The molecule has 0 atom stereocenters. The van der Waals surface area contributed by atoms with Crippen LogP contribution in [-0.2, 0) is 0 Å². The first-order chi connectivity index (χ1) is 10.2. The van der Waals surface area contributed by atoms with Crippen molar-refractivity contribution in [3.05, 3.63) is 23.8 Å². The molecule has 1 saturated carbocycles. The van der Waals surface area contributed by atoms with Gasteiger partial charge in [0.05, 0.1) is 11.4 Å². The molecule has 114 valence electrons. The molecule has 1 aromatic carbocycles. The Morgan fingerprint density at radius 2 is 2.00 bits per heavy atom. The predicted molar refractivity (Wildman–Crippen MR) is 85.6 cm³/mol. The van der Waals surface area contributed by atoms with Crippen molar-refractivity contribution in [3.63, 3.8) is 0 Å². The number of benzene rings is 1. The maximum absolute atomic E-state index is 11.6. The highest BCUT2D eigenvalue weighted by atomic mass is 16.1. The van der Waals surface area contributed by atoms with E-state index in [2.05, 4.69) is 15.1 Å². The topological polar surface area (TPSA) is 61.6 Å². The fourth-order valence-electron chi connectivity index (χ4n) is 2.97. The standard InChI is InChI=1S/C16H24N4O/c1-18-16(21)13-4-5-15(14(17)10-13)20-8-6-19(7-9-20)11-12-2-3-12/h4-5,10,12H,2-3,6-9,11,17H2,1H3,(H,18,21). The van der Waals surface area contributed by atoms with Gasteiger partial charge in [0.2, 0.25) is 0 Å². The van der Waals surface area contributed by atoms with E-state index in [0.717, 1.165) is 37.8 Å². The molecule has 3 rings (SSSR count). The quantitative estimate of drug-likeness (QED) is 0.816. The van der Waals surface area contributed by atoms with Crippen molar-refractivity contribution in [2.75, 3.05) is 50.4 Å². The van der Waals surface area contributed by atoms with Crippen molar-refractivity contribution in [1.29, 1.82) is 0 Å². The van der Waals surface area contributed by atoms with Crippen molar-refractivity contribution in [2.24, 2.45) is 5.92 Å². The van der Waals surface area contributed by atoms with Crippen LogP contribution in [0.3, 0.4) is 0 Å². The summed E-state index contributed by atoms with van der Waals surface area (Å²) >= 11 is 0. The highest BCUT2D eigenvalue weighted by Crippen LogP contribution is 2.31. The zero-order valence-corrected chi connectivity index (χ0v) is 12.6. The summed E-state index contributed by atoms with van der Waals surface area (Å²) in [5.41, 5.74) is 8.49. The van der Waals surface area contributed by atoms with E-state index in [-0.39, 0.29) is 5.91 Å². The Morgan fingerprint density at radius 1 is 1.29 bits per heavy atom. The van der Waals surface area contributed by atoms with Gasteiger partial charge in [0.1, 0.15) is 0 Å². The normalized spacial score (nSPS) is 19.6. The van der Waals surface area contributed by atoms with Gasteiger partial charge in [0.15, 0.2) is 0 Å². The molecule has 0 spiro atoms. The van der Waals surface area contributed by atoms with Crippen LogP contribution in [0.1, 0.15) is 23.2 Å². The number of hydrogen-bond donors (Lipinski definition) is 2. The van der Waals surface area contributed by atoms with Gasteiger partial charge in [0, 0.05) is 45.3 Å². The van der Waals surface area contributed by atoms with Crippen LogP contribution >= 0.6 is 0 Å². The molecule has 5 heteroatoms. The lowest BCUT2D eigenvalue weighted by Gasteiger charge is -2.36. The molecule has 2 fully saturated rings. The van der Waals surface area contributed by atoms with Gasteiger partial charge in [-0.1, -0.05) is 0 Å². The van der Waals surface area contributed by atoms with Crippen LogP contribution in [-0.4, -0.2) is 50.6 Å². The van der Waals surface area contributed by atoms with Gasteiger partial charge in [-0.15, -0.1) is 0 Å². The van der Waals surface area contributed by atoms with Gasteiger partial charge in [0.25, 0.3) is 5.91 Å². The summed E-state index contributed by atoms with van der Waals surface area (Å²) in [5, 5.41) is 2.62. The van der Waals surface area contributed by atoms with Gasteiger partial charge >= 0.3 is 0 Å². The number of piperazine rings is 1.